The first-order valence-electron chi connectivity index (χ1n) is 8.81. The molecule has 1 aromatic heterocycles. The highest BCUT2D eigenvalue weighted by Crippen LogP contribution is 2.14. The first-order valence-corrected chi connectivity index (χ1v) is 8.81. The van der Waals surface area contributed by atoms with Crippen LogP contribution in [-0.2, 0) is 6.42 Å². The van der Waals surface area contributed by atoms with Crippen LogP contribution in [0.15, 0.2) is 60.8 Å². The van der Waals surface area contributed by atoms with Gasteiger partial charge in [-0.05, 0) is 55.7 Å². The van der Waals surface area contributed by atoms with Gasteiger partial charge in [-0.15, -0.1) is 0 Å². The number of benzene rings is 2. The van der Waals surface area contributed by atoms with E-state index in [2.05, 4.69) is 10.4 Å². The highest BCUT2D eigenvalue weighted by molar-refractivity contribution is 5.92. The SMILES string of the molecule is COc1ccc(CCC(C)NC(=O)c2ccn(-c3ccccc3F)n2)cc1. The van der Waals surface area contributed by atoms with Crippen LogP contribution >= 0.6 is 0 Å². The molecule has 0 saturated carbocycles. The van der Waals surface area contributed by atoms with Crippen molar-refractivity contribution in [1.29, 1.82) is 0 Å². The number of rotatable bonds is 7. The molecule has 5 nitrogen and oxygen atoms in total. The Hall–Kier alpha value is -3.15. The molecule has 2 aromatic carbocycles. The smallest absolute Gasteiger partial charge is 0.271 e. The van der Waals surface area contributed by atoms with Gasteiger partial charge in [0, 0.05) is 12.2 Å². The van der Waals surface area contributed by atoms with Crippen LogP contribution in [0.2, 0.25) is 0 Å². The summed E-state index contributed by atoms with van der Waals surface area (Å²) in [6.07, 6.45) is 3.22. The van der Waals surface area contributed by atoms with Crippen LogP contribution in [0.4, 0.5) is 4.39 Å². The number of aryl methyl sites for hydroxylation is 1. The fourth-order valence-electron chi connectivity index (χ4n) is 2.76. The number of hydrogen-bond acceptors (Lipinski definition) is 3. The van der Waals surface area contributed by atoms with Crippen molar-refractivity contribution in [2.24, 2.45) is 0 Å². The van der Waals surface area contributed by atoms with Crippen molar-refractivity contribution in [2.45, 2.75) is 25.8 Å². The van der Waals surface area contributed by atoms with Crippen LogP contribution < -0.4 is 10.1 Å². The van der Waals surface area contributed by atoms with Gasteiger partial charge in [-0.2, -0.15) is 5.10 Å². The number of methoxy groups -OCH3 is 1. The number of aromatic nitrogens is 2. The molecule has 1 N–H and O–H groups in total. The topological polar surface area (TPSA) is 56.1 Å². The second-order valence-corrected chi connectivity index (χ2v) is 6.36. The molecule has 0 radical (unpaired) electrons. The molecule has 0 aliphatic heterocycles. The Morgan fingerprint density at radius 3 is 2.63 bits per heavy atom. The summed E-state index contributed by atoms with van der Waals surface area (Å²) in [7, 11) is 1.64. The molecular weight excluding hydrogens is 345 g/mol. The zero-order chi connectivity index (χ0) is 19.2. The molecular formula is C21H22FN3O2. The molecule has 0 spiro atoms. The van der Waals surface area contributed by atoms with E-state index >= 15 is 0 Å². The minimum absolute atomic E-state index is 0.0155. The van der Waals surface area contributed by atoms with Gasteiger partial charge in [0.2, 0.25) is 0 Å². The summed E-state index contributed by atoms with van der Waals surface area (Å²) >= 11 is 0. The lowest BCUT2D eigenvalue weighted by molar-refractivity contribution is 0.0933. The molecule has 3 aromatic rings. The minimum Gasteiger partial charge on any atom is -0.497 e. The molecule has 140 valence electrons. The Bertz CT molecular complexity index is 906. The van der Waals surface area contributed by atoms with E-state index in [4.69, 9.17) is 4.74 Å². The average Bonchev–Trinajstić information content (AvgIpc) is 3.17. The van der Waals surface area contributed by atoms with Crippen molar-refractivity contribution in [3.05, 3.63) is 77.9 Å². The Balaban J connectivity index is 1.56. The largest absolute Gasteiger partial charge is 0.497 e. The van der Waals surface area contributed by atoms with Gasteiger partial charge in [0.15, 0.2) is 5.69 Å². The first kappa shape index (κ1) is 18.6. The Morgan fingerprint density at radius 2 is 1.93 bits per heavy atom. The number of nitrogens with zero attached hydrogens (tertiary/aromatic N) is 2. The Morgan fingerprint density at radius 1 is 1.19 bits per heavy atom. The summed E-state index contributed by atoms with van der Waals surface area (Å²) in [5.41, 5.74) is 1.75. The van der Waals surface area contributed by atoms with Gasteiger partial charge in [-0.25, -0.2) is 9.07 Å². The van der Waals surface area contributed by atoms with Gasteiger partial charge in [-0.1, -0.05) is 24.3 Å². The van der Waals surface area contributed by atoms with Crippen molar-refractivity contribution in [3.8, 4) is 11.4 Å². The number of hydrogen-bond donors (Lipinski definition) is 1. The molecule has 1 amide bonds. The minimum atomic E-state index is -0.389. The standard InChI is InChI=1S/C21H22FN3O2/c1-15(7-8-16-9-11-17(27-2)12-10-16)23-21(26)19-13-14-25(24-19)20-6-4-3-5-18(20)22/h3-6,9-15H,7-8H2,1-2H3,(H,23,26). The van der Waals surface area contributed by atoms with Gasteiger partial charge in [0.1, 0.15) is 17.3 Å². The van der Waals surface area contributed by atoms with E-state index < -0.39 is 0 Å². The van der Waals surface area contributed by atoms with Gasteiger partial charge >= 0.3 is 0 Å². The Kier molecular flexibility index (Phi) is 5.86. The number of carbonyl (C=O) groups is 1. The zero-order valence-electron chi connectivity index (χ0n) is 15.4. The lowest BCUT2D eigenvalue weighted by atomic mass is 10.1. The van der Waals surface area contributed by atoms with Gasteiger partial charge < -0.3 is 10.1 Å². The maximum Gasteiger partial charge on any atom is 0.271 e. The van der Waals surface area contributed by atoms with Gasteiger partial charge in [0.05, 0.1) is 7.11 Å². The van der Waals surface area contributed by atoms with E-state index in [9.17, 15) is 9.18 Å². The molecule has 0 aliphatic carbocycles. The predicted molar refractivity (Wildman–Crippen MR) is 102 cm³/mol. The summed E-state index contributed by atoms with van der Waals surface area (Å²) in [4.78, 5) is 12.4. The normalized spacial score (nSPS) is 11.8. The highest BCUT2D eigenvalue weighted by Gasteiger charge is 2.14. The van der Waals surface area contributed by atoms with Crippen LogP contribution in [-0.4, -0.2) is 28.8 Å². The van der Waals surface area contributed by atoms with Crippen molar-refractivity contribution in [1.82, 2.24) is 15.1 Å². The Labute approximate surface area is 157 Å². The highest BCUT2D eigenvalue weighted by atomic mass is 19.1. The van der Waals surface area contributed by atoms with Crippen molar-refractivity contribution >= 4 is 5.91 Å². The molecule has 27 heavy (non-hydrogen) atoms. The van der Waals surface area contributed by atoms with Crippen LogP contribution in [0.5, 0.6) is 5.75 Å². The van der Waals surface area contributed by atoms with E-state index in [-0.39, 0.29) is 23.5 Å². The molecule has 0 bridgehead atoms. The predicted octanol–water partition coefficient (Wildman–Crippen LogP) is 3.77. The van der Waals surface area contributed by atoms with Crippen LogP contribution in [0, 0.1) is 5.82 Å². The molecule has 1 heterocycles. The number of nitrogens with one attached hydrogen (secondary N) is 1. The molecule has 0 saturated heterocycles. The number of ether oxygens (including phenoxy) is 1. The van der Waals surface area contributed by atoms with E-state index in [1.165, 1.54) is 16.3 Å². The van der Waals surface area contributed by atoms with Crippen molar-refractivity contribution in [3.63, 3.8) is 0 Å². The molecule has 3 rings (SSSR count). The fourth-order valence-corrected chi connectivity index (χ4v) is 2.76. The molecule has 0 aliphatic rings. The van der Waals surface area contributed by atoms with E-state index in [1.807, 2.05) is 31.2 Å². The number of halogens is 1. The average molecular weight is 367 g/mol. The molecule has 6 heteroatoms. The van der Waals surface area contributed by atoms with Crippen molar-refractivity contribution in [2.75, 3.05) is 7.11 Å². The molecule has 1 atom stereocenters. The molecule has 0 fully saturated rings. The van der Waals surface area contributed by atoms with Crippen LogP contribution in [0.3, 0.4) is 0 Å². The summed E-state index contributed by atoms with van der Waals surface area (Å²) in [6.45, 7) is 1.95. The number of para-hydroxylation sites is 1. The third-order valence-corrected chi connectivity index (χ3v) is 4.32. The lowest BCUT2D eigenvalue weighted by Crippen LogP contribution is -2.33. The van der Waals surface area contributed by atoms with Crippen LogP contribution in [0.25, 0.3) is 5.69 Å². The first-order chi connectivity index (χ1) is 13.1. The maximum absolute atomic E-state index is 13.8. The van der Waals surface area contributed by atoms with E-state index in [1.54, 1.807) is 37.6 Å². The van der Waals surface area contributed by atoms with E-state index in [0.717, 1.165) is 18.6 Å². The molecule has 1 unspecified atom stereocenters. The number of carbonyl (C=O) groups excluding carboxylic acids is 1. The van der Waals surface area contributed by atoms with Gasteiger partial charge in [0.25, 0.3) is 5.91 Å². The third-order valence-electron chi connectivity index (χ3n) is 4.32. The maximum atomic E-state index is 13.8. The lowest BCUT2D eigenvalue weighted by Gasteiger charge is -2.13. The summed E-state index contributed by atoms with van der Waals surface area (Å²) in [5.74, 6) is 0.165. The van der Waals surface area contributed by atoms with E-state index in [0.29, 0.717) is 5.69 Å². The quantitative estimate of drug-likeness (QED) is 0.692. The zero-order valence-corrected chi connectivity index (χ0v) is 15.4. The fraction of sp³-hybridized carbons (Fsp3) is 0.238. The van der Waals surface area contributed by atoms with Crippen LogP contribution in [0.1, 0.15) is 29.4 Å². The second kappa shape index (κ2) is 8.49. The monoisotopic (exact) mass is 367 g/mol. The summed E-state index contributed by atoms with van der Waals surface area (Å²) in [5, 5.41) is 7.12. The third kappa shape index (κ3) is 4.73. The summed E-state index contributed by atoms with van der Waals surface area (Å²) < 4.78 is 20.4. The van der Waals surface area contributed by atoms with Crippen molar-refractivity contribution < 1.29 is 13.9 Å². The summed E-state index contributed by atoms with van der Waals surface area (Å²) in [6, 6.07) is 15.8. The van der Waals surface area contributed by atoms with Gasteiger partial charge in [-0.3, -0.25) is 4.79 Å². The number of amides is 1. The second-order valence-electron chi connectivity index (χ2n) is 6.36.